The fourth-order valence-corrected chi connectivity index (χ4v) is 4.38. The van der Waals surface area contributed by atoms with Crippen LogP contribution in [0.15, 0.2) is 4.99 Å². The van der Waals surface area contributed by atoms with Crippen molar-refractivity contribution in [2.24, 2.45) is 10.9 Å². The van der Waals surface area contributed by atoms with Crippen molar-refractivity contribution < 1.29 is 9.53 Å². The summed E-state index contributed by atoms with van der Waals surface area (Å²) >= 11 is 0. The van der Waals surface area contributed by atoms with Crippen LogP contribution in [0.4, 0.5) is 4.79 Å². The molecule has 1 aliphatic heterocycles. The maximum absolute atomic E-state index is 12.2. The van der Waals surface area contributed by atoms with E-state index in [-0.39, 0.29) is 12.0 Å². The molecular weight excluding hydrogens is 378 g/mol. The van der Waals surface area contributed by atoms with Crippen molar-refractivity contribution in [3.05, 3.63) is 0 Å². The number of amides is 1. The molecule has 2 rings (SSSR count). The molecule has 0 radical (unpaired) electrons. The van der Waals surface area contributed by atoms with Gasteiger partial charge in [0.25, 0.3) is 0 Å². The van der Waals surface area contributed by atoms with Crippen molar-refractivity contribution >= 4 is 12.1 Å². The molecule has 2 fully saturated rings. The maximum Gasteiger partial charge on any atom is 0.410 e. The molecule has 0 bridgehead atoms. The number of carbonyl (C=O) groups is 1. The molecule has 1 atom stereocenters. The van der Waals surface area contributed by atoms with E-state index >= 15 is 0 Å². The molecule has 0 aromatic carbocycles. The molecule has 2 N–H and O–H groups in total. The van der Waals surface area contributed by atoms with Crippen molar-refractivity contribution in [3.8, 4) is 0 Å². The van der Waals surface area contributed by atoms with E-state index in [1.165, 1.54) is 51.6 Å². The Morgan fingerprint density at radius 3 is 2.40 bits per heavy atom. The molecule has 1 aliphatic carbocycles. The Balaban J connectivity index is 1.77. The van der Waals surface area contributed by atoms with Gasteiger partial charge in [-0.3, -0.25) is 4.99 Å². The fourth-order valence-electron chi connectivity index (χ4n) is 4.38. The van der Waals surface area contributed by atoms with Gasteiger partial charge in [0.15, 0.2) is 5.96 Å². The van der Waals surface area contributed by atoms with Crippen molar-refractivity contribution in [2.45, 2.75) is 90.8 Å². The second kappa shape index (κ2) is 11.8. The number of nitrogens with zero attached hydrogens (tertiary/aromatic N) is 3. The zero-order valence-corrected chi connectivity index (χ0v) is 20.2. The van der Waals surface area contributed by atoms with Crippen molar-refractivity contribution in [2.75, 3.05) is 39.8 Å². The molecule has 174 valence electrons. The first-order valence-corrected chi connectivity index (χ1v) is 11.9. The van der Waals surface area contributed by atoms with Gasteiger partial charge in [-0.25, -0.2) is 4.79 Å². The van der Waals surface area contributed by atoms with Gasteiger partial charge < -0.3 is 25.2 Å². The zero-order valence-electron chi connectivity index (χ0n) is 20.2. The number of piperidine rings is 1. The van der Waals surface area contributed by atoms with Gasteiger partial charge >= 0.3 is 6.09 Å². The molecule has 30 heavy (non-hydrogen) atoms. The standard InChI is InChI=1S/C23H45N5O2/c1-7-24-21(25-16-18(2)17-27(6)22(29)30-23(3,4)5)26-19-12-14-28(15-13-19)20-10-8-9-11-20/h18-20H,7-17H2,1-6H3,(H2,24,25,26). The van der Waals surface area contributed by atoms with E-state index in [1.54, 1.807) is 11.9 Å². The number of hydrogen-bond donors (Lipinski definition) is 2. The number of guanidine groups is 1. The van der Waals surface area contributed by atoms with Gasteiger partial charge in [0.05, 0.1) is 0 Å². The van der Waals surface area contributed by atoms with E-state index in [0.717, 1.165) is 18.5 Å². The minimum atomic E-state index is -0.470. The lowest BCUT2D eigenvalue weighted by Crippen LogP contribution is -2.50. The fraction of sp³-hybridized carbons (Fsp3) is 0.913. The Labute approximate surface area is 184 Å². The van der Waals surface area contributed by atoms with Gasteiger partial charge in [-0.05, 0) is 59.3 Å². The quantitative estimate of drug-likeness (QED) is 0.485. The average Bonchev–Trinajstić information content (AvgIpc) is 3.20. The molecule has 1 saturated carbocycles. The number of nitrogens with one attached hydrogen (secondary N) is 2. The highest BCUT2D eigenvalue weighted by Gasteiger charge is 2.27. The predicted octanol–water partition coefficient (Wildman–Crippen LogP) is 3.45. The first kappa shape index (κ1) is 24.8. The number of ether oxygens (including phenoxy) is 1. The number of hydrogen-bond acceptors (Lipinski definition) is 4. The summed E-state index contributed by atoms with van der Waals surface area (Å²) in [6, 6.07) is 1.32. The van der Waals surface area contributed by atoms with Crippen LogP contribution in [0.2, 0.25) is 0 Å². The SMILES string of the molecule is CCNC(=NCC(C)CN(C)C(=O)OC(C)(C)C)NC1CCN(C2CCCC2)CC1. The molecule has 7 nitrogen and oxygen atoms in total. The summed E-state index contributed by atoms with van der Waals surface area (Å²) in [5, 5.41) is 7.02. The normalized spacial score (nSPS) is 20.8. The third-order valence-electron chi connectivity index (χ3n) is 5.91. The number of aliphatic imine (C=N–C) groups is 1. The highest BCUT2D eigenvalue weighted by Crippen LogP contribution is 2.26. The van der Waals surface area contributed by atoms with Crippen molar-refractivity contribution in [3.63, 3.8) is 0 Å². The molecule has 7 heteroatoms. The smallest absolute Gasteiger partial charge is 0.410 e. The largest absolute Gasteiger partial charge is 0.444 e. The maximum atomic E-state index is 12.2. The van der Waals surface area contributed by atoms with Gasteiger partial charge in [-0.2, -0.15) is 0 Å². The summed E-state index contributed by atoms with van der Waals surface area (Å²) in [6.07, 6.45) is 7.66. The van der Waals surface area contributed by atoms with Crippen LogP contribution < -0.4 is 10.6 Å². The summed E-state index contributed by atoms with van der Waals surface area (Å²) in [4.78, 5) is 21.3. The van der Waals surface area contributed by atoms with Crippen LogP contribution in [0.3, 0.4) is 0 Å². The Kier molecular flexibility index (Phi) is 9.72. The first-order chi connectivity index (χ1) is 14.2. The second-order valence-corrected chi connectivity index (χ2v) is 10.1. The minimum absolute atomic E-state index is 0.252. The Bertz CT molecular complexity index is 546. The summed E-state index contributed by atoms with van der Waals surface area (Å²) in [6.45, 7) is 14.4. The van der Waals surface area contributed by atoms with Gasteiger partial charge in [0, 0.05) is 51.9 Å². The Morgan fingerprint density at radius 2 is 1.83 bits per heavy atom. The van der Waals surface area contributed by atoms with E-state index in [4.69, 9.17) is 9.73 Å². The summed E-state index contributed by atoms with van der Waals surface area (Å²) < 4.78 is 5.43. The van der Waals surface area contributed by atoms with Crippen LogP contribution in [0, 0.1) is 5.92 Å². The van der Waals surface area contributed by atoms with Crippen LogP contribution in [-0.4, -0.2) is 79.3 Å². The van der Waals surface area contributed by atoms with E-state index in [9.17, 15) is 4.79 Å². The van der Waals surface area contributed by atoms with Crippen LogP contribution in [0.1, 0.15) is 73.1 Å². The summed E-state index contributed by atoms with van der Waals surface area (Å²) in [5.41, 5.74) is -0.470. The topological polar surface area (TPSA) is 69.2 Å². The lowest BCUT2D eigenvalue weighted by molar-refractivity contribution is 0.0279. The van der Waals surface area contributed by atoms with Crippen LogP contribution >= 0.6 is 0 Å². The van der Waals surface area contributed by atoms with Crippen molar-refractivity contribution in [1.29, 1.82) is 0 Å². The van der Waals surface area contributed by atoms with Gasteiger partial charge in [0.1, 0.15) is 5.60 Å². The van der Waals surface area contributed by atoms with Gasteiger partial charge in [-0.15, -0.1) is 0 Å². The van der Waals surface area contributed by atoms with Crippen LogP contribution in [-0.2, 0) is 4.74 Å². The highest BCUT2D eigenvalue weighted by molar-refractivity contribution is 5.80. The zero-order chi connectivity index (χ0) is 22.1. The highest BCUT2D eigenvalue weighted by atomic mass is 16.6. The van der Waals surface area contributed by atoms with Crippen LogP contribution in [0.5, 0.6) is 0 Å². The summed E-state index contributed by atoms with van der Waals surface area (Å²) in [5.74, 6) is 1.14. The lowest BCUT2D eigenvalue weighted by atomic mass is 10.0. The second-order valence-electron chi connectivity index (χ2n) is 10.1. The molecule has 1 amide bonds. The van der Waals surface area contributed by atoms with Crippen molar-refractivity contribution in [1.82, 2.24) is 20.4 Å². The number of rotatable bonds is 7. The van der Waals surface area contributed by atoms with E-state index in [2.05, 4.69) is 29.4 Å². The molecular formula is C23H45N5O2. The van der Waals surface area contributed by atoms with Gasteiger partial charge in [0.2, 0.25) is 0 Å². The molecule has 0 spiro atoms. The third kappa shape index (κ3) is 8.70. The summed E-state index contributed by atoms with van der Waals surface area (Å²) in [7, 11) is 1.79. The van der Waals surface area contributed by atoms with Gasteiger partial charge in [-0.1, -0.05) is 19.8 Å². The molecule has 1 saturated heterocycles. The van der Waals surface area contributed by atoms with Crippen LogP contribution in [0.25, 0.3) is 0 Å². The molecule has 0 aromatic rings. The number of carbonyl (C=O) groups excluding carboxylic acids is 1. The lowest BCUT2D eigenvalue weighted by Gasteiger charge is -2.36. The van der Waals surface area contributed by atoms with E-state index < -0.39 is 5.60 Å². The first-order valence-electron chi connectivity index (χ1n) is 11.9. The molecule has 2 aliphatic rings. The molecule has 1 unspecified atom stereocenters. The Morgan fingerprint density at radius 1 is 1.20 bits per heavy atom. The average molecular weight is 424 g/mol. The third-order valence-corrected chi connectivity index (χ3v) is 5.91. The predicted molar refractivity (Wildman–Crippen MR) is 124 cm³/mol. The Hall–Kier alpha value is -1.50. The minimum Gasteiger partial charge on any atom is -0.444 e. The monoisotopic (exact) mass is 423 g/mol. The van der Waals surface area contributed by atoms with E-state index in [1.807, 2.05) is 20.8 Å². The number of likely N-dealkylation sites (tertiary alicyclic amines) is 1. The molecule has 1 heterocycles. The molecule has 0 aromatic heterocycles. The van der Waals surface area contributed by atoms with E-state index in [0.29, 0.717) is 19.1 Å².